The summed E-state index contributed by atoms with van der Waals surface area (Å²) < 4.78 is 28.1. The van der Waals surface area contributed by atoms with Crippen LogP contribution in [-0.2, 0) is 9.84 Å². The first-order valence-corrected chi connectivity index (χ1v) is 8.00. The maximum absolute atomic E-state index is 11.3. The number of benzene rings is 1. The normalized spacial score (nSPS) is 12.4. The van der Waals surface area contributed by atoms with E-state index in [9.17, 15) is 8.42 Å². The molecule has 0 aliphatic carbocycles. The molecule has 0 radical (unpaired) electrons. The van der Waals surface area contributed by atoms with Crippen LogP contribution < -0.4 is 4.74 Å². The second-order valence-corrected chi connectivity index (χ2v) is 7.77. The van der Waals surface area contributed by atoms with Crippen molar-refractivity contribution >= 4 is 9.84 Å². The molecule has 1 aromatic rings. The first-order chi connectivity index (χ1) is 8.18. The topological polar surface area (TPSA) is 43.4 Å². The van der Waals surface area contributed by atoms with E-state index >= 15 is 0 Å². The molecule has 3 nitrogen and oxygen atoms in total. The maximum Gasteiger partial charge on any atom is 0.175 e. The molecular weight excluding hydrogens is 248 g/mol. The van der Waals surface area contributed by atoms with Crippen LogP contribution in [0.4, 0.5) is 0 Å². The summed E-state index contributed by atoms with van der Waals surface area (Å²) in [6.45, 7) is 7.27. The molecule has 4 heteroatoms. The Hall–Kier alpha value is -1.03. The van der Waals surface area contributed by atoms with E-state index in [1.165, 1.54) is 6.26 Å². The van der Waals surface area contributed by atoms with E-state index in [-0.39, 0.29) is 0 Å². The Morgan fingerprint density at radius 2 is 1.67 bits per heavy atom. The van der Waals surface area contributed by atoms with Gasteiger partial charge in [-0.2, -0.15) is 0 Å². The molecule has 1 aromatic carbocycles. The molecule has 0 atom stereocenters. The summed E-state index contributed by atoms with van der Waals surface area (Å²) in [7, 11) is -3.12. The highest BCUT2D eigenvalue weighted by Gasteiger charge is 2.09. The van der Waals surface area contributed by atoms with E-state index in [1.807, 2.05) is 0 Å². The molecule has 0 aliphatic heterocycles. The van der Waals surface area contributed by atoms with Crippen molar-refractivity contribution in [2.45, 2.75) is 38.5 Å². The van der Waals surface area contributed by atoms with Crippen LogP contribution in [0.5, 0.6) is 5.75 Å². The standard InChI is InChI=1S/C14H22O3S/c1-14(2,3)10-5-11-17-12-6-8-13(9-7-12)18(4,15)16/h6-9H,5,10-11H2,1-4H3. The van der Waals surface area contributed by atoms with Crippen molar-refractivity contribution in [1.82, 2.24) is 0 Å². The summed E-state index contributed by atoms with van der Waals surface area (Å²) in [4.78, 5) is 0.324. The van der Waals surface area contributed by atoms with Gasteiger partial charge in [0.2, 0.25) is 0 Å². The van der Waals surface area contributed by atoms with Gasteiger partial charge in [0.05, 0.1) is 11.5 Å². The molecule has 0 N–H and O–H groups in total. The van der Waals surface area contributed by atoms with Crippen LogP contribution in [0.2, 0.25) is 0 Å². The molecule has 0 aromatic heterocycles. The lowest BCUT2D eigenvalue weighted by molar-refractivity contribution is 0.269. The highest BCUT2D eigenvalue weighted by molar-refractivity contribution is 7.90. The van der Waals surface area contributed by atoms with Gasteiger partial charge in [-0.15, -0.1) is 0 Å². The zero-order valence-electron chi connectivity index (χ0n) is 11.6. The van der Waals surface area contributed by atoms with Crippen molar-refractivity contribution in [2.75, 3.05) is 12.9 Å². The molecule has 1 rings (SSSR count). The van der Waals surface area contributed by atoms with Crippen LogP contribution in [0, 0.1) is 5.41 Å². The second-order valence-electron chi connectivity index (χ2n) is 5.76. The number of sulfone groups is 1. The highest BCUT2D eigenvalue weighted by Crippen LogP contribution is 2.21. The molecule has 0 bridgehead atoms. The van der Waals surface area contributed by atoms with Crippen LogP contribution in [0.3, 0.4) is 0 Å². The first kappa shape index (κ1) is 15.0. The Bertz CT molecular complexity index is 467. The molecule has 0 fully saturated rings. The van der Waals surface area contributed by atoms with Crippen molar-refractivity contribution in [2.24, 2.45) is 5.41 Å². The molecule has 0 unspecified atom stereocenters. The minimum Gasteiger partial charge on any atom is -0.494 e. The van der Waals surface area contributed by atoms with Gasteiger partial charge in [0, 0.05) is 6.26 Å². The Morgan fingerprint density at radius 3 is 2.11 bits per heavy atom. The smallest absolute Gasteiger partial charge is 0.175 e. The van der Waals surface area contributed by atoms with Gasteiger partial charge in [-0.05, 0) is 42.5 Å². The minimum absolute atomic E-state index is 0.323. The summed E-state index contributed by atoms with van der Waals surface area (Å²) in [6.07, 6.45) is 3.30. The third-order valence-electron chi connectivity index (χ3n) is 2.59. The molecular formula is C14H22O3S. The van der Waals surface area contributed by atoms with Crippen LogP contribution in [0.15, 0.2) is 29.2 Å². The Morgan fingerprint density at radius 1 is 1.11 bits per heavy atom. The third kappa shape index (κ3) is 5.54. The van der Waals surface area contributed by atoms with Crippen molar-refractivity contribution in [3.05, 3.63) is 24.3 Å². The lowest BCUT2D eigenvalue weighted by Crippen LogP contribution is -2.08. The fourth-order valence-electron chi connectivity index (χ4n) is 1.58. The Kier molecular flexibility index (Phi) is 4.79. The monoisotopic (exact) mass is 270 g/mol. The number of rotatable bonds is 5. The van der Waals surface area contributed by atoms with Gasteiger partial charge >= 0.3 is 0 Å². The quantitative estimate of drug-likeness (QED) is 0.771. The molecule has 0 amide bonds. The van der Waals surface area contributed by atoms with E-state index in [0.717, 1.165) is 18.6 Å². The largest absolute Gasteiger partial charge is 0.494 e. The average molecular weight is 270 g/mol. The predicted molar refractivity (Wildman–Crippen MR) is 73.7 cm³/mol. The molecule has 18 heavy (non-hydrogen) atoms. The minimum atomic E-state index is -3.12. The Balaban J connectivity index is 2.45. The summed E-state index contributed by atoms with van der Waals surface area (Å²) in [6, 6.07) is 6.56. The molecule has 0 saturated carbocycles. The maximum atomic E-state index is 11.3. The Labute approximate surface area is 110 Å². The van der Waals surface area contributed by atoms with Crippen LogP contribution in [0.1, 0.15) is 33.6 Å². The van der Waals surface area contributed by atoms with E-state index in [2.05, 4.69) is 20.8 Å². The first-order valence-electron chi connectivity index (χ1n) is 6.11. The van der Waals surface area contributed by atoms with Crippen molar-refractivity contribution in [3.8, 4) is 5.75 Å². The lowest BCUT2D eigenvalue weighted by Gasteiger charge is -2.17. The van der Waals surface area contributed by atoms with Crippen molar-refractivity contribution < 1.29 is 13.2 Å². The highest BCUT2D eigenvalue weighted by atomic mass is 32.2. The summed E-state index contributed by atoms with van der Waals surface area (Å²) in [5.74, 6) is 0.719. The number of ether oxygens (including phenoxy) is 1. The third-order valence-corrected chi connectivity index (χ3v) is 3.72. The van der Waals surface area contributed by atoms with Gasteiger partial charge in [0.1, 0.15) is 5.75 Å². The van der Waals surface area contributed by atoms with Gasteiger partial charge in [-0.3, -0.25) is 0 Å². The molecule has 102 valence electrons. The zero-order chi connectivity index (χ0) is 13.8. The number of hydrogen-bond acceptors (Lipinski definition) is 3. The van der Waals surface area contributed by atoms with Crippen LogP contribution in [0.25, 0.3) is 0 Å². The second kappa shape index (κ2) is 5.74. The van der Waals surface area contributed by atoms with Gasteiger partial charge < -0.3 is 4.74 Å². The summed E-state index contributed by atoms with van der Waals surface area (Å²) >= 11 is 0. The number of hydrogen-bond donors (Lipinski definition) is 0. The molecule has 0 spiro atoms. The lowest BCUT2D eigenvalue weighted by atomic mass is 9.91. The van der Waals surface area contributed by atoms with Gasteiger partial charge in [-0.25, -0.2) is 8.42 Å². The summed E-state index contributed by atoms with van der Waals surface area (Å²) in [5.41, 5.74) is 0.323. The zero-order valence-corrected chi connectivity index (χ0v) is 12.4. The van der Waals surface area contributed by atoms with E-state index in [4.69, 9.17) is 4.74 Å². The van der Waals surface area contributed by atoms with Crippen molar-refractivity contribution in [3.63, 3.8) is 0 Å². The van der Waals surface area contributed by atoms with Crippen molar-refractivity contribution in [1.29, 1.82) is 0 Å². The summed E-state index contributed by atoms with van der Waals surface area (Å²) in [5, 5.41) is 0. The van der Waals surface area contributed by atoms with E-state index in [0.29, 0.717) is 16.9 Å². The average Bonchev–Trinajstić information content (AvgIpc) is 2.22. The van der Waals surface area contributed by atoms with E-state index < -0.39 is 9.84 Å². The fourth-order valence-corrected chi connectivity index (χ4v) is 2.21. The van der Waals surface area contributed by atoms with E-state index in [1.54, 1.807) is 24.3 Å². The van der Waals surface area contributed by atoms with Crippen LogP contribution >= 0.6 is 0 Å². The predicted octanol–water partition coefficient (Wildman–Crippen LogP) is 3.30. The fraction of sp³-hybridized carbons (Fsp3) is 0.571. The van der Waals surface area contributed by atoms with Gasteiger partial charge in [0.15, 0.2) is 9.84 Å². The SMILES string of the molecule is CC(C)(C)CCCOc1ccc(S(C)(=O)=O)cc1. The van der Waals surface area contributed by atoms with Gasteiger partial charge in [-0.1, -0.05) is 20.8 Å². The van der Waals surface area contributed by atoms with Crippen LogP contribution in [-0.4, -0.2) is 21.3 Å². The molecule has 0 saturated heterocycles. The van der Waals surface area contributed by atoms with Gasteiger partial charge in [0.25, 0.3) is 0 Å². The molecule has 0 heterocycles. The molecule has 0 aliphatic rings.